The van der Waals surface area contributed by atoms with Crippen LogP contribution in [0.3, 0.4) is 0 Å². The van der Waals surface area contributed by atoms with Gasteiger partial charge in [0.25, 0.3) is 0 Å². The van der Waals surface area contributed by atoms with Crippen molar-refractivity contribution in [2.24, 2.45) is 0 Å². The first kappa shape index (κ1) is 12.7. The summed E-state index contributed by atoms with van der Waals surface area (Å²) in [7, 11) is 1.82. The largest absolute Gasteiger partial charge is 0.491 e. The Kier molecular flexibility index (Phi) is 3.41. The van der Waals surface area contributed by atoms with Crippen LogP contribution in [-0.4, -0.2) is 29.7 Å². The van der Waals surface area contributed by atoms with Crippen LogP contribution >= 0.6 is 0 Å². The zero-order valence-electron chi connectivity index (χ0n) is 11.7. The standard InChI is InChI=1S/C15H18N4O/c1-10-7-14(19-15(16-2)17-10)18-12-8-11-5-3-4-6-13(11)20-9-12/h3-7,12H,8-9H2,1-2H3,(H2,16,17,18,19). The van der Waals surface area contributed by atoms with Crippen molar-refractivity contribution in [2.45, 2.75) is 19.4 Å². The van der Waals surface area contributed by atoms with Gasteiger partial charge in [0, 0.05) is 18.8 Å². The van der Waals surface area contributed by atoms with Crippen molar-refractivity contribution in [1.82, 2.24) is 9.97 Å². The van der Waals surface area contributed by atoms with Crippen molar-refractivity contribution in [2.75, 3.05) is 24.3 Å². The summed E-state index contributed by atoms with van der Waals surface area (Å²) >= 11 is 0. The molecule has 0 amide bonds. The summed E-state index contributed by atoms with van der Waals surface area (Å²) < 4.78 is 5.77. The summed E-state index contributed by atoms with van der Waals surface area (Å²) in [5.41, 5.74) is 2.17. The van der Waals surface area contributed by atoms with Crippen molar-refractivity contribution in [3.05, 3.63) is 41.6 Å². The molecule has 0 fully saturated rings. The van der Waals surface area contributed by atoms with E-state index >= 15 is 0 Å². The average Bonchev–Trinajstić information content (AvgIpc) is 2.46. The van der Waals surface area contributed by atoms with E-state index in [1.54, 1.807) is 0 Å². The Morgan fingerprint density at radius 2 is 2.10 bits per heavy atom. The summed E-state index contributed by atoms with van der Waals surface area (Å²) in [6.07, 6.45) is 0.939. The molecule has 20 heavy (non-hydrogen) atoms. The first-order chi connectivity index (χ1) is 9.74. The normalized spacial score (nSPS) is 17.0. The molecule has 0 spiro atoms. The van der Waals surface area contributed by atoms with Crippen molar-refractivity contribution in [3.8, 4) is 5.75 Å². The number of hydrogen-bond donors (Lipinski definition) is 2. The number of hydrogen-bond acceptors (Lipinski definition) is 5. The molecule has 1 aliphatic rings. The number of aryl methyl sites for hydroxylation is 1. The third-order valence-electron chi connectivity index (χ3n) is 3.31. The minimum Gasteiger partial charge on any atom is -0.491 e. The maximum atomic E-state index is 5.77. The number of benzene rings is 1. The topological polar surface area (TPSA) is 59.1 Å². The van der Waals surface area contributed by atoms with Gasteiger partial charge in [0.1, 0.15) is 18.2 Å². The Balaban J connectivity index is 1.75. The smallest absolute Gasteiger partial charge is 0.224 e. The number of fused-ring (bicyclic) bond motifs is 1. The van der Waals surface area contributed by atoms with Crippen molar-refractivity contribution >= 4 is 11.8 Å². The monoisotopic (exact) mass is 270 g/mol. The molecule has 0 saturated carbocycles. The lowest BCUT2D eigenvalue weighted by Gasteiger charge is -2.26. The summed E-state index contributed by atoms with van der Waals surface area (Å²) in [4.78, 5) is 8.70. The van der Waals surface area contributed by atoms with Crippen LogP contribution in [0.5, 0.6) is 5.75 Å². The zero-order chi connectivity index (χ0) is 13.9. The maximum Gasteiger partial charge on any atom is 0.224 e. The van der Waals surface area contributed by atoms with Crippen LogP contribution < -0.4 is 15.4 Å². The second-order valence-electron chi connectivity index (χ2n) is 4.93. The minimum absolute atomic E-state index is 0.226. The zero-order valence-corrected chi connectivity index (χ0v) is 11.7. The quantitative estimate of drug-likeness (QED) is 0.895. The number of anilines is 2. The van der Waals surface area contributed by atoms with Crippen molar-refractivity contribution < 1.29 is 4.74 Å². The third-order valence-corrected chi connectivity index (χ3v) is 3.31. The van der Waals surface area contributed by atoms with Crippen molar-refractivity contribution in [3.63, 3.8) is 0 Å². The minimum atomic E-state index is 0.226. The number of ether oxygens (including phenoxy) is 1. The van der Waals surface area contributed by atoms with Gasteiger partial charge < -0.3 is 15.4 Å². The molecule has 5 nitrogen and oxygen atoms in total. The maximum absolute atomic E-state index is 5.77. The highest BCUT2D eigenvalue weighted by atomic mass is 16.5. The van der Waals surface area contributed by atoms with E-state index in [0.717, 1.165) is 23.7 Å². The second kappa shape index (κ2) is 5.36. The predicted octanol–water partition coefficient (Wildman–Crippen LogP) is 2.24. The Morgan fingerprint density at radius 3 is 2.95 bits per heavy atom. The van der Waals surface area contributed by atoms with E-state index in [9.17, 15) is 0 Å². The summed E-state index contributed by atoms with van der Waals surface area (Å²) in [6.45, 7) is 2.61. The average molecular weight is 270 g/mol. The SMILES string of the molecule is CNc1nc(C)cc(NC2COc3ccccc3C2)n1. The van der Waals surface area contributed by atoms with Gasteiger partial charge in [0.2, 0.25) is 5.95 Å². The van der Waals surface area contributed by atoms with E-state index in [1.807, 2.05) is 38.2 Å². The van der Waals surface area contributed by atoms with Crippen LogP contribution in [-0.2, 0) is 6.42 Å². The fraction of sp³-hybridized carbons (Fsp3) is 0.333. The Labute approximate surface area is 118 Å². The lowest BCUT2D eigenvalue weighted by molar-refractivity contribution is 0.272. The van der Waals surface area contributed by atoms with Crippen LogP contribution in [0, 0.1) is 6.92 Å². The molecule has 0 bridgehead atoms. The first-order valence-corrected chi connectivity index (χ1v) is 6.75. The fourth-order valence-electron chi connectivity index (χ4n) is 2.38. The van der Waals surface area contributed by atoms with Gasteiger partial charge >= 0.3 is 0 Å². The van der Waals surface area contributed by atoms with E-state index in [4.69, 9.17) is 4.74 Å². The van der Waals surface area contributed by atoms with Crippen LogP contribution in [0.25, 0.3) is 0 Å². The van der Waals surface area contributed by atoms with E-state index in [1.165, 1.54) is 5.56 Å². The molecular formula is C15H18N4O. The van der Waals surface area contributed by atoms with E-state index in [-0.39, 0.29) is 6.04 Å². The van der Waals surface area contributed by atoms with E-state index < -0.39 is 0 Å². The molecule has 1 aliphatic heterocycles. The van der Waals surface area contributed by atoms with Gasteiger partial charge in [-0.25, -0.2) is 4.98 Å². The lowest BCUT2D eigenvalue weighted by atomic mass is 10.0. The number of nitrogens with zero attached hydrogens (tertiary/aromatic N) is 2. The summed E-state index contributed by atoms with van der Waals surface area (Å²) in [5, 5.41) is 6.39. The van der Waals surface area contributed by atoms with Crippen LogP contribution in [0.2, 0.25) is 0 Å². The predicted molar refractivity (Wildman–Crippen MR) is 79.4 cm³/mol. The highest BCUT2D eigenvalue weighted by molar-refractivity contribution is 5.44. The molecule has 5 heteroatoms. The third kappa shape index (κ3) is 2.66. The molecule has 2 aromatic rings. The van der Waals surface area contributed by atoms with Crippen LogP contribution in [0.15, 0.2) is 30.3 Å². The van der Waals surface area contributed by atoms with E-state index in [0.29, 0.717) is 12.6 Å². The van der Waals surface area contributed by atoms with Gasteiger partial charge in [0.15, 0.2) is 0 Å². The summed E-state index contributed by atoms with van der Waals surface area (Å²) in [5.74, 6) is 2.44. The molecular weight excluding hydrogens is 252 g/mol. The van der Waals surface area contributed by atoms with Crippen molar-refractivity contribution in [1.29, 1.82) is 0 Å². The molecule has 2 heterocycles. The Bertz CT molecular complexity index is 615. The molecule has 1 aromatic heterocycles. The number of rotatable bonds is 3. The van der Waals surface area contributed by atoms with Gasteiger partial charge in [-0.05, 0) is 25.0 Å². The summed E-state index contributed by atoms with van der Waals surface area (Å²) in [6, 6.07) is 10.3. The lowest BCUT2D eigenvalue weighted by Crippen LogP contribution is -2.33. The first-order valence-electron chi connectivity index (χ1n) is 6.75. The Morgan fingerprint density at radius 1 is 1.25 bits per heavy atom. The van der Waals surface area contributed by atoms with Gasteiger partial charge in [-0.1, -0.05) is 18.2 Å². The molecule has 3 rings (SSSR count). The second-order valence-corrected chi connectivity index (χ2v) is 4.93. The van der Waals surface area contributed by atoms with Gasteiger partial charge in [0.05, 0.1) is 6.04 Å². The Hall–Kier alpha value is -2.30. The molecule has 1 unspecified atom stereocenters. The highest BCUT2D eigenvalue weighted by Crippen LogP contribution is 2.25. The van der Waals surface area contributed by atoms with E-state index in [2.05, 4.69) is 26.7 Å². The van der Waals surface area contributed by atoms with Gasteiger partial charge in [-0.15, -0.1) is 0 Å². The van der Waals surface area contributed by atoms with Crippen LogP contribution in [0.4, 0.5) is 11.8 Å². The van der Waals surface area contributed by atoms with Gasteiger partial charge in [-0.3, -0.25) is 0 Å². The molecule has 0 radical (unpaired) electrons. The molecule has 1 aromatic carbocycles. The highest BCUT2D eigenvalue weighted by Gasteiger charge is 2.19. The molecule has 0 saturated heterocycles. The number of aromatic nitrogens is 2. The molecule has 2 N–H and O–H groups in total. The van der Waals surface area contributed by atoms with Gasteiger partial charge in [-0.2, -0.15) is 4.98 Å². The fourth-order valence-corrected chi connectivity index (χ4v) is 2.38. The molecule has 0 aliphatic carbocycles. The molecule has 104 valence electrons. The number of nitrogens with one attached hydrogen (secondary N) is 2. The molecule has 1 atom stereocenters. The number of para-hydroxylation sites is 1. The van der Waals surface area contributed by atoms with Crippen LogP contribution in [0.1, 0.15) is 11.3 Å².